The van der Waals surface area contributed by atoms with Gasteiger partial charge in [-0.25, -0.2) is 14.8 Å². The number of nitrogens with two attached hydrogens (primary N) is 1. The Labute approximate surface area is 318 Å². The van der Waals surface area contributed by atoms with E-state index in [1.54, 1.807) is 33.9 Å². The topological polar surface area (TPSA) is 227 Å². The van der Waals surface area contributed by atoms with E-state index < -0.39 is 66.1 Å². The van der Waals surface area contributed by atoms with E-state index in [1.807, 2.05) is 44.2 Å². The number of nitrogens with one attached hydrogen (secondary N) is 5. The van der Waals surface area contributed by atoms with Crippen molar-refractivity contribution in [2.45, 2.75) is 136 Å². The van der Waals surface area contributed by atoms with Crippen LogP contribution >= 0.6 is 0 Å². The van der Waals surface area contributed by atoms with Crippen molar-refractivity contribution in [3.8, 4) is 0 Å². The zero-order valence-corrected chi connectivity index (χ0v) is 32.6. The van der Waals surface area contributed by atoms with Crippen LogP contribution in [0.2, 0.25) is 0 Å². The number of alkyl carbamates (subject to hydrolysis) is 1. The van der Waals surface area contributed by atoms with Crippen molar-refractivity contribution in [3.63, 3.8) is 0 Å². The zero-order valence-electron chi connectivity index (χ0n) is 32.6. The van der Waals surface area contributed by atoms with Crippen LogP contribution in [0.1, 0.15) is 103 Å². The average molecular weight is 753 g/mol. The molecule has 2 aromatic rings. The minimum atomic E-state index is -1.27. The molecule has 3 rings (SSSR count). The van der Waals surface area contributed by atoms with Gasteiger partial charge in [0.1, 0.15) is 29.3 Å². The molecule has 298 valence electrons. The molecule has 5 amide bonds. The van der Waals surface area contributed by atoms with Crippen molar-refractivity contribution in [2.75, 3.05) is 12.3 Å². The molecule has 15 nitrogen and oxygen atoms in total. The van der Waals surface area contributed by atoms with E-state index in [9.17, 15) is 29.1 Å². The number of amides is 5. The molecular weight excluding hydrogens is 692 g/mol. The first-order chi connectivity index (χ1) is 25.5. The molecule has 5 atom stereocenters. The molecule has 1 aliphatic carbocycles. The largest absolute Gasteiger partial charge is 0.444 e. The van der Waals surface area contributed by atoms with Crippen LogP contribution in [0, 0.1) is 18.8 Å². The van der Waals surface area contributed by atoms with E-state index >= 15 is 0 Å². The third-order valence-electron chi connectivity index (χ3n) is 9.51. The van der Waals surface area contributed by atoms with Crippen LogP contribution < -0.4 is 32.3 Å². The molecule has 0 aliphatic heterocycles. The van der Waals surface area contributed by atoms with E-state index in [2.05, 4.69) is 36.6 Å². The van der Waals surface area contributed by atoms with E-state index in [1.165, 1.54) is 0 Å². The van der Waals surface area contributed by atoms with Gasteiger partial charge >= 0.3 is 6.09 Å². The number of aliphatic hydroxyl groups is 1. The third kappa shape index (κ3) is 15.3. The zero-order chi connectivity index (χ0) is 39.8. The SMILES string of the molecule is CC[C@H](C)[C@H](NC(=O)C[C@H](O)[C@@H](CC1CCCCC1)NC(=O)CNC(=O)[C@@H](Cc1ccccc1)NC(=O)OC(C)(C)C)C(=O)NCc1cnc(C)nc1N. The van der Waals surface area contributed by atoms with Crippen LogP contribution in [-0.4, -0.2) is 81.2 Å². The van der Waals surface area contributed by atoms with Gasteiger partial charge in [0, 0.05) is 24.7 Å². The first-order valence-electron chi connectivity index (χ1n) is 19.0. The molecule has 0 spiro atoms. The van der Waals surface area contributed by atoms with E-state index in [0.717, 1.165) is 37.7 Å². The summed E-state index contributed by atoms with van der Waals surface area (Å²) in [6.07, 6.45) is 5.43. The first kappa shape index (κ1) is 43.6. The number of hydrogen-bond donors (Lipinski definition) is 7. The minimum Gasteiger partial charge on any atom is -0.444 e. The second-order valence-electron chi connectivity index (χ2n) is 15.3. The minimum absolute atomic E-state index is 0.0759. The molecule has 15 heteroatoms. The van der Waals surface area contributed by atoms with Crippen LogP contribution in [0.25, 0.3) is 0 Å². The lowest BCUT2D eigenvalue weighted by molar-refractivity contribution is -0.132. The normalized spacial score (nSPS) is 16.1. The number of anilines is 1. The maximum atomic E-state index is 13.3. The second kappa shape index (κ2) is 21.2. The maximum absolute atomic E-state index is 13.3. The fourth-order valence-electron chi connectivity index (χ4n) is 6.36. The number of nitrogens with zero attached hydrogens (tertiary/aromatic N) is 2. The molecule has 1 heterocycles. The number of aryl methyl sites for hydroxylation is 1. The summed E-state index contributed by atoms with van der Waals surface area (Å²) in [5.41, 5.74) is 6.54. The number of aliphatic hydroxyl groups excluding tert-OH is 1. The molecule has 0 radical (unpaired) electrons. The molecule has 1 aromatic heterocycles. The van der Waals surface area contributed by atoms with Crippen LogP contribution in [0.4, 0.5) is 10.6 Å². The molecule has 0 bridgehead atoms. The summed E-state index contributed by atoms with van der Waals surface area (Å²) in [6, 6.07) is 6.43. The molecule has 0 unspecified atom stereocenters. The molecule has 0 saturated heterocycles. The lowest BCUT2D eigenvalue weighted by Gasteiger charge is -2.31. The standard InChI is InChI=1S/C39H60N8O7/c1-7-24(2)34(37(52)42-22-28-21-41-25(3)44-35(28)40)47-32(49)20-31(48)29(18-26-14-10-8-11-15-26)45-33(50)23-43-36(51)30(19-27-16-12-9-13-17-27)46-38(53)54-39(4,5)6/h9,12-13,16-17,21,24,26,29-31,34,48H,7-8,10-11,14-15,18-20,22-23H2,1-6H3,(H,42,52)(H,43,51)(H,45,50)(H,46,53)(H,47,49)(H2,40,41,44)/t24-,29+,30+,31-,34-/m0/s1. The van der Waals surface area contributed by atoms with Crippen LogP contribution in [0.5, 0.6) is 0 Å². The van der Waals surface area contributed by atoms with Crippen molar-refractivity contribution in [2.24, 2.45) is 11.8 Å². The summed E-state index contributed by atoms with van der Waals surface area (Å²) in [6.45, 7) is 10.3. The van der Waals surface area contributed by atoms with Gasteiger partial charge in [-0.2, -0.15) is 0 Å². The summed E-state index contributed by atoms with van der Waals surface area (Å²) >= 11 is 0. The summed E-state index contributed by atoms with van der Waals surface area (Å²) < 4.78 is 5.36. The monoisotopic (exact) mass is 752 g/mol. The number of aromatic nitrogens is 2. The Morgan fingerprint density at radius 3 is 2.28 bits per heavy atom. The molecule has 1 saturated carbocycles. The van der Waals surface area contributed by atoms with Gasteiger partial charge < -0.3 is 42.2 Å². The van der Waals surface area contributed by atoms with E-state index in [4.69, 9.17) is 10.5 Å². The Kier molecular flexibility index (Phi) is 17.1. The Balaban J connectivity index is 1.65. The molecular formula is C39H60N8O7. The summed E-state index contributed by atoms with van der Waals surface area (Å²) in [5, 5.41) is 25.0. The molecule has 8 N–H and O–H groups in total. The molecule has 1 aliphatic rings. The Hall–Kier alpha value is -4.79. The lowest BCUT2D eigenvalue weighted by atomic mass is 9.83. The molecule has 1 fully saturated rings. The van der Waals surface area contributed by atoms with Crippen molar-refractivity contribution >= 4 is 35.5 Å². The van der Waals surface area contributed by atoms with Crippen molar-refractivity contribution in [3.05, 3.63) is 53.5 Å². The van der Waals surface area contributed by atoms with E-state index in [0.29, 0.717) is 24.2 Å². The van der Waals surface area contributed by atoms with Crippen molar-refractivity contribution < 1.29 is 33.8 Å². The number of carbonyl (C=O) groups excluding carboxylic acids is 5. The van der Waals surface area contributed by atoms with Crippen LogP contribution in [0.15, 0.2) is 36.5 Å². The first-order valence-corrected chi connectivity index (χ1v) is 19.0. The van der Waals surface area contributed by atoms with Crippen molar-refractivity contribution in [1.82, 2.24) is 36.6 Å². The Bertz CT molecular complexity index is 1550. The van der Waals surface area contributed by atoms with Gasteiger partial charge in [0.25, 0.3) is 0 Å². The number of benzene rings is 1. The molecule has 54 heavy (non-hydrogen) atoms. The smallest absolute Gasteiger partial charge is 0.408 e. The molecule has 1 aromatic carbocycles. The highest BCUT2D eigenvalue weighted by Gasteiger charge is 2.31. The number of ether oxygens (including phenoxy) is 1. The Morgan fingerprint density at radius 2 is 1.65 bits per heavy atom. The predicted molar refractivity (Wildman–Crippen MR) is 204 cm³/mol. The lowest BCUT2D eigenvalue weighted by Crippen LogP contribution is -2.54. The van der Waals surface area contributed by atoms with Crippen molar-refractivity contribution in [1.29, 1.82) is 0 Å². The predicted octanol–water partition coefficient (Wildman–Crippen LogP) is 2.97. The quantitative estimate of drug-likeness (QED) is 0.118. The van der Waals surface area contributed by atoms with E-state index in [-0.39, 0.29) is 37.0 Å². The van der Waals surface area contributed by atoms with Gasteiger partial charge in [-0.15, -0.1) is 0 Å². The number of hydrogen-bond acceptors (Lipinski definition) is 10. The van der Waals surface area contributed by atoms with Gasteiger partial charge in [-0.05, 0) is 51.5 Å². The highest BCUT2D eigenvalue weighted by molar-refractivity contribution is 5.90. The number of nitrogen functional groups attached to an aromatic ring is 1. The fraction of sp³-hybridized carbons (Fsp3) is 0.615. The Morgan fingerprint density at radius 1 is 0.963 bits per heavy atom. The van der Waals surface area contributed by atoms with Gasteiger partial charge in [-0.3, -0.25) is 19.2 Å². The summed E-state index contributed by atoms with van der Waals surface area (Å²) in [5.74, 6) is -1.34. The second-order valence-corrected chi connectivity index (χ2v) is 15.3. The summed E-state index contributed by atoms with van der Waals surface area (Å²) in [4.78, 5) is 74.1. The average Bonchev–Trinajstić information content (AvgIpc) is 3.11. The number of rotatable bonds is 18. The summed E-state index contributed by atoms with van der Waals surface area (Å²) in [7, 11) is 0. The van der Waals surface area contributed by atoms with Gasteiger partial charge in [-0.1, -0.05) is 82.7 Å². The van der Waals surface area contributed by atoms with Gasteiger partial charge in [0.2, 0.25) is 23.6 Å². The van der Waals surface area contributed by atoms with Gasteiger partial charge in [0.05, 0.1) is 25.1 Å². The highest BCUT2D eigenvalue weighted by Crippen LogP contribution is 2.28. The fourth-order valence-corrected chi connectivity index (χ4v) is 6.36. The van der Waals surface area contributed by atoms with Crippen LogP contribution in [-0.2, 0) is 36.9 Å². The van der Waals surface area contributed by atoms with Crippen LogP contribution in [0.3, 0.4) is 0 Å². The third-order valence-corrected chi connectivity index (χ3v) is 9.51. The van der Waals surface area contributed by atoms with Gasteiger partial charge in [0.15, 0.2) is 0 Å². The highest BCUT2D eigenvalue weighted by atomic mass is 16.6. The maximum Gasteiger partial charge on any atom is 0.408 e. The number of carbonyl (C=O) groups is 5.